The van der Waals surface area contributed by atoms with Gasteiger partial charge in [0.1, 0.15) is 11.4 Å². The van der Waals surface area contributed by atoms with Crippen LogP contribution in [0.25, 0.3) is 0 Å². The number of aryl methyl sites for hydroxylation is 1. The maximum Gasteiger partial charge on any atom is 0.419 e. The molecule has 0 aromatic heterocycles. The minimum Gasteiger partial charge on any atom is -0.493 e. The maximum absolute atomic E-state index is 13.8. The number of hydrogen-bond donors (Lipinski definition) is 1. The van der Waals surface area contributed by atoms with E-state index in [2.05, 4.69) is 19.2 Å². The highest BCUT2D eigenvalue weighted by atomic mass is 19.4. The quantitative estimate of drug-likeness (QED) is 0.304. The van der Waals surface area contributed by atoms with E-state index in [4.69, 9.17) is 18.9 Å². The molecule has 0 bridgehead atoms. The van der Waals surface area contributed by atoms with Crippen molar-refractivity contribution in [3.05, 3.63) is 29.3 Å². The van der Waals surface area contributed by atoms with Crippen LogP contribution in [0, 0.1) is 5.92 Å². The van der Waals surface area contributed by atoms with Crippen molar-refractivity contribution >= 4 is 6.09 Å². The van der Waals surface area contributed by atoms with E-state index in [1.54, 1.807) is 40.7 Å². The van der Waals surface area contributed by atoms with Gasteiger partial charge in [-0.05, 0) is 77.5 Å². The number of unbranched alkanes of at least 4 members (excludes halogenated alkanes) is 2. The van der Waals surface area contributed by atoms with E-state index in [0.29, 0.717) is 24.3 Å². The van der Waals surface area contributed by atoms with Gasteiger partial charge < -0.3 is 24.3 Å². The van der Waals surface area contributed by atoms with Crippen LogP contribution >= 0.6 is 0 Å². The van der Waals surface area contributed by atoms with Crippen LogP contribution in [0.3, 0.4) is 0 Å². The molecule has 0 spiro atoms. The number of rotatable bonds is 11. The summed E-state index contributed by atoms with van der Waals surface area (Å²) in [5, 5.41) is 2.85. The molecule has 212 valence electrons. The van der Waals surface area contributed by atoms with Crippen molar-refractivity contribution in [1.29, 1.82) is 0 Å². The summed E-state index contributed by atoms with van der Waals surface area (Å²) in [7, 11) is 0. The molecule has 1 aliphatic heterocycles. The molecule has 1 saturated heterocycles. The maximum atomic E-state index is 13.8. The second kappa shape index (κ2) is 12.7. The molecule has 1 fully saturated rings. The zero-order valence-corrected chi connectivity index (χ0v) is 23.3. The molecule has 1 aromatic rings. The number of nitrogens with one attached hydrogen (secondary N) is 1. The van der Waals surface area contributed by atoms with Gasteiger partial charge in [-0.3, -0.25) is 0 Å². The number of ether oxygens (including phenoxy) is 4. The number of carbonyl (C=O) groups excluding carboxylic acids is 1. The van der Waals surface area contributed by atoms with E-state index in [-0.39, 0.29) is 32.0 Å². The summed E-state index contributed by atoms with van der Waals surface area (Å²) in [6.45, 7) is 13.6. The van der Waals surface area contributed by atoms with E-state index >= 15 is 0 Å². The summed E-state index contributed by atoms with van der Waals surface area (Å²) < 4.78 is 64.0. The first-order valence-corrected chi connectivity index (χ1v) is 13.1. The molecule has 0 radical (unpaired) electrons. The van der Waals surface area contributed by atoms with Crippen molar-refractivity contribution in [2.45, 2.75) is 110 Å². The normalized spacial score (nSPS) is 17.5. The molecule has 0 aliphatic carbocycles. The third-order valence-corrected chi connectivity index (χ3v) is 6.08. The SMILES string of the molecule is CC(C)CCCCCOc1ccc(CCC2(NC(=O)OC(C)(C)C)COC(C)(C)OC2)cc1C(F)(F)F. The van der Waals surface area contributed by atoms with Crippen molar-refractivity contribution in [1.82, 2.24) is 5.32 Å². The van der Waals surface area contributed by atoms with Crippen molar-refractivity contribution in [3.8, 4) is 5.75 Å². The summed E-state index contributed by atoms with van der Waals surface area (Å²) in [6, 6.07) is 4.15. The monoisotopic (exact) mass is 531 g/mol. The van der Waals surface area contributed by atoms with Crippen molar-refractivity contribution in [2.75, 3.05) is 19.8 Å². The van der Waals surface area contributed by atoms with Crippen LogP contribution in [0.1, 0.15) is 91.7 Å². The summed E-state index contributed by atoms with van der Waals surface area (Å²) in [5.74, 6) is -0.370. The van der Waals surface area contributed by atoms with E-state index in [9.17, 15) is 18.0 Å². The van der Waals surface area contributed by atoms with Crippen LogP contribution < -0.4 is 10.1 Å². The topological polar surface area (TPSA) is 66.0 Å². The van der Waals surface area contributed by atoms with Gasteiger partial charge in [0.05, 0.1) is 30.9 Å². The number of halogens is 3. The number of alkyl halides is 3. The van der Waals surface area contributed by atoms with Crippen molar-refractivity contribution < 1.29 is 36.9 Å². The molecule has 9 heteroatoms. The fraction of sp³-hybridized carbons (Fsp3) is 0.750. The fourth-order valence-corrected chi connectivity index (χ4v) is 3.98. The molecule has 6 nitrogen and oxygen atoms in total. The Morgan fingerprint density at radius 1 is 1.08 bits per heavy atom. The highest BCUT2D eigenvalue weighted by molar-refractivity contribution is 5.69. The van der Waals surface area contributed by atoms with Crippen molar-refractivity contribution in [2.24, 2.45) is 5.92 Å². The van der Waals surface area contributed by atoms with Gasteiger partial charge in [-0.25, -0.2) is 4.79 Å². The highest BCUT2D eigenvalue weighted by Gasteiger charge is 2.42. The van der Waals surface area contributed by atoms with E-state index in [1.165, 1.54) is 6.07 Å². The van der Waals surface area contributed by atoms with Crippen LogP contribution in [-0.2, 0) is 26.8 Å². The van der Waals surface area contributed by atoms with Gasteiger partial charge in [-0.1, -0.05) is 39.2 Å². The zero-order chi connectivity index (χ0) is 27.9. The van der Waals surface area contributed by atoms with Crippen LogP contribution in [0.15, 0.2) is 18.2 Å². The zero-order valence-electron chi connectivity index (χ0n) is 23.3. The number of amides is 1. The third-order valence-electron chi connectivity index (χ3n) is 6.08. The molecular weight excluding hydrogens is 487 g/mol. The van der Waals surface area contributed by atoms with Gasteiger partial charge in [0.25, 0.3) is 0 Å². The highest BCUT2D eigenvalue weighted by Crippen LogP contribution is 2.38. The molecule has 1 amide bonds. The largest absolute Gasteiger partial charge is 0.493 e. The fourth-order valence-electron chi connectivity index (χ4n) is 3.98. The number of carbonyl (C=O) groups is 1. The van der Waals surface area contributed by atoms with E-state index < -0.39 is 34.8 Å². The van der Waals surface area contributed by atoms with Crippen LogP contribution in [0.2, 0.25) is 0 Å². The Balaban J connectivity index is 2.10. The Kier molecular flexibility index (Phi) is 10.7. The predicted molar refractivity (Wildman–Crippen MR) is 137 cm³/mol. The molecule has 37 heavy (non-hydrogen) atoms. The first-order chi connectivity index (χ1) is 17.0. The van der Waals surface area contributed by atoms with Gasteiger partial charge in [0.15, 0.2) is 5.79 Å². The van der Waals surface area contributed by atoms with Crippen LogP contribution in [-0.4, -0.2) is 42.8 Å². The Hall–Kier alpha value is -2.00. The molecule has 0 saturated carbocycles. The lowest BCUT2D eigenvalue weighted by Crippen LogP contribution is -2.61. The summed E-state index contributed by atoms with van der Waals surface area (Å²) in [6.07, 6.45) is -0.844. The van der Waals surface area contributed by atoms with Gasteiger partial charge >= 0.3 is 12.3 Å². The summed E-state index contributed by atoms with van der Waals surface area (Å²) in [5.41, 5.74) is -1.96. The lowest BCUT2D eigenvalue weighted by molar-refractivity contribution is -0.271. The predicted octanol–water partition coefficient (Wildman–Crippen LogP) is 7.28. The molecule has 1 N–H and O–H groups in total. The van der Waals surface area contributed by atoms with Crippen molar-refractivity contribution in [3.63, 3.8) is 0 Å². The smallest absolute Gasteiger partial charge is 0.419 e. The van der Waals surface area contributed by atoms with Crippen LogP contribution in [0.5, 0.6) is 5.75 Å². The Bertz CT molecular complexity index is 868. The number of hydrogen-bond acceptors (Lipinski definition) is 5. The number of alkyl carbamates (subject to hydrolysis) is 1. The van der Waals surface area contributed by atoms with E-state index in [1.807, 2.05) is 0 Å². The molecule has 2 rings (SSSR count). The molecule has 1 aliphatic rings. The molecular formula is C28H44F3NO5. The second-order valence-corrected chi connectivity index (χ2v) is 11.8. The minimum atomic E-state index is -4.55. The average molecular weight is 532 g/mol. The third kappa shape index (κ3) is 11.1. The molecule has 0 atom stereocenters. The first-order valence-electron chi connectivity index (χ1n) is 13.1. The Morgan fingerprint density at radius 3 is 2.30 bits per heavy atom. The van der Waals surface area contributed by atoms with E-state index in [0.717, 1.165) is 25.3 Å². The molecule has 1 heterocycles. The first kappa shape index (κ1) is 31.2. The minimum absolute atomic E-state index is 0.142. The summed E-state index contributed by atoms with van der Waals surface area (Å²) in [4.78, 5) is 12.5. The lowest BCUT2D eigenvalue weighted by Gasteiger charge is -2.44. The van der Waals surface area contributed by atoms with Gasteiger partial charge in [-0.15, -0.1) is 0 Å². The summed E-state index contributed by atoms with van der Waals surface area (Å²) >= 11 is 0. The molecule has 1 aromatic carbocycles. The Morgan fingerprint density at radius 2 is 1.73 bits per heavy atom. The molecule has 0 unspecified atom stereocenters. The average Bonchev–Trinajstić information content (AvgIpc) is 2.75. The number of benzene rings is 1. The van der Waals surface area contributed by atoms with Crippen LogP contribution in [0.4, 0.5) is 18.0 Å². The standard InChI is InChI=1S/C28H44F3NO5/c1-20(2)11-9-8-10-16-34-23-13-12-21(17-22(23)28(29,30)31)14-15-27(18-35-26(6,7)36-19-27)32-24(33)37-25(3,4)5/h12-13,17,20H,8-11,14-16,18-19H2,1-7H3,(H,32,33). The second-order valence-electron chi connectivity index (χ2n) is 11.8. The van der Waals surface area contributed by atoms with Gasteiger partial charge in [0, 0.05) is 0 Å². The van der Waals surface area contributed by atoms with Gasteiger partial charge in [-0.2, -0.15) is 13.2 Å². The Labute approximate surface area is 219 Å². The lowest BCUT2D eigenvalue weighted by atomic mass is 9.91. The van der Waals surface area contributed by atoms with Gasteiger partial charge in [0.2, 0.25) is 0 Å².